The summed E-state index contributed by atoms with van der Waals surface area (Å²) in [5.74, 6) is -0.492. The van der Waals surface area contributed by atoms with Crippen molar-refractivity contribution >= 4 is 27.5 Å². The highest BCUT2D eigenvalue weighted by atomic mass is 32.2. The molecule has 0 saturated heterocycles. The second-order valence-corrected chi connectivity index (χ2v) is 11.7. The van der Waals surface area contributed by atoms with Gasteiger partial charge in [-0.15, -0.1) is 0 Å². The summed E-state index contributed by atoms with van der Waals surface area (Å²) < 4.78 is 58.5. The standard InChI is InChI=1S/C31H38FN3O7S/c1-7-21(2)33-31(37)22(3)34(19-23-8-14-26(40-4)15-9-23)30(36)20-35(25-12-10-24(32)11-13-25)43(38,39)27-16-17-28(41-5)29(18-27)42-6/h8-18,21-22H,7,19-20H2,1-6H3,(H,33,37). The van der Waals surface area contributed by atoms with Gasteiger partial charge in [0.25, 0.3) is 10.0 Å². The molecule has 0 aliphatic carbocycles. The lowest BCUT2D eigenvalue weighted by atomic mass is 10.1. The molecule has 0 spiro atoms. The van der Waals surface area contributed by atoms with Crippen molar-refractivity contribution in [3.63, 3.8) is 0 Å². The first kappa shape index (κ1) is 33.2. The topological polar surface area (TPSA) is 114 Å². The molecule has 12 heteroatoms. The highest BCUT2D eigenvalue weighted by Crippen LogP contribution is 2.32. The third-order valence-electron chi connectivity index (χ3n) is 7.02. The van der Waals surface area contributed by atoms with Crippen LogP contribution in [-0.4, -0.2) is 65.1 Å². The Morgan fingerprint density at radius 1 is 0.884 bits per heavy atom. The molecule has 2 amide bonds. The molecular weight excluding hydrogens is 577 g/mol. The van der Waals surface area contributed by atoms with Gasteiger partial charge in [-0.2, -0.15) is 0 Å². The minimum Gasteiger partial charge on any atom is -0.497 e. The molecule has 0 saturated carbocycles. The molecule has 2 atom stereocenters. The summed E-state index contributed by atoms with van der Waals surface area (Å²) in [6.45, 7) is 4.72. The number of hydrogen-bond donors (Lipinski definition) is 1. The molecule has 0 heterocycles. The van der Waals surface area contributed by atoms with Gasteiger partial charge in [0.1, 0.15) is 24.2 Å². The quantitative estimate of drug-likeness (QED) is 0.286. The van der Waals surface area contributed by atoms with Gasteiger partial charge < -0.3 is 24.4 Å². The van der Waals surface area contributed by atoms with E-state index in [9.17, 15) is 22.4 Å². The highest BCUT2D eigenvalue weighted by Gasteiger charge is 2.33. The van der Waals surface area contributed by atoms with Crippen LogP contribution in [0.2, 0.25) is 0 Å². The Kier molecular flexibility index (Phi) is 11.4. The lowest BCUT2D eigenvalue weighted by molar-refractivity contribution is -0.139. The molecule has 10 nitrogen and oxygen atoms in total. The zero-order valence-corrected chi connectivity index (χ0v) is 26.0. The van der Waals surface area contributed by atoms with Gasteiger partial charge in [-0.25, -0.2) is 12.8 Å². The molecule has 0 aliphatic rings. The lowest BCUT2D eigenvalue weighted by Gasteiger charge is -2.32. The maximum atomic E-state index is 14.0. The normalized spacial score (nSPS) is 12.5. The average molecular weight is 616 g/mol. The Morgan fingerprint density at radius 2 is 1.51 bits per heavy atom. The second-order valence-electron chi connectivity index (χ2n) is 9.87. The van der Waals surface area contributed by atoms with E-state index >= 15 is 0 Å². The van der Waals surface area contributed by atoms with Gasteiger partial charge in [-0.05, 0) is 74.4 Å². The van der Waals surface area contributed by atoms with Crippen LogP contribution in [0, 0.1) is 5.82 Å². The third-order valence-corrected chi connectivity index (χ3v) is 8.79. The van der Waals surface area contributed by atoms with Gasteiger partial charge in [-0.1, -0.05) is 19.1 Å². The summed E-state index contributed by atoms with van der Waals surface area (Å²) >= 11 is 0. The number of amides is 2. The van der Waals surface area contributed by atoms with Crippen LogP contribution >= 0.6 is 0 Å². The Hall–Kier alpha value is -4.32. The average Bonchev–Trinajstić information content (AvgIpc) is 3.02. The van der Waals surface area contributed by atoms with Crippen molar-refractivity contribution in [1.82, 2.24) is 10.2 Å². The number of nitrogens with one attached hydrogen (secondary N) is 1. The lowest BCUT2D eigenvalue weighted by Crippen LogP contribution is -2.52. The smallest absolute Gasteiger partial charge is 0.264 e. The van der Waals surface area contributed by atoms with E-state index in [1.165, 1.54) is 56.6 Å². The van der Waals surface area contributed by atoms with E-state index in [-0.39, 0.29) is 34.8 Å². The number of hydrogen-bond acceptors (Lipinski definition) is 7. The van der Waals surface area contributed by atoms with Gasteiger partial charge in [0.05, 0.1) is 31.9 Å². The number of anilines is 1. The van der Waals surface area contributed by atoms with Crippen LogP contribution < -0.4 is 23.8 Å². The van der Waals surface area contributed by atoms with E-state index in [1.54, 1.807) is 31.2 Å². The maximum Gasteiger partial charge on any atom is 0.264 e. The monoisotopic (exact) mass is 615 g/mol. The number of halogens is 1. The van der Waals surface area contributed by atoms with Crippen LogP contribution in [-0.2, 0) is 26.2 Å². The van der Waals surface area contributed by atoms with Crippen molar-refractivity contribution in [3.05, 3.63) is 78.1 Å². The van der Waals surface area contributed by atoms with Crippen molar-refractivity contribution in [1.29, 1.82) is 0 Å². The van der Waals surface area contributed by atoms with Crippen LogP contribution in [0.15, 0.2) is 71.6 Å². The zero-order chi connectivity index (χ0) is 31.7. The Bertz CT molecular complexity index is 1500. The molecular formula is C31H38FN3O7S. The van der Waals surface area contributed by atoms with Crippen molar-refractivity contribution in [3.8, 4) is 17.2 Å². The van der Waals surface area contributed by atoms with E-state index in [1.807, 2.05) is 13.8 Å². The fourth-order valence-electron chi connectivity index (χ4n) is 4.22. The van der Waals surface area contributed by atoms with Crippen molar-refractivity contribution in [2.24, 2.45) is 0 Å². The largest absolute Gasteiger partial charge is 0.497 e. The van der Waals surface area contributed by atoms with E-state index in [4.69, 9.17) is 14.2 Å². The molecule has 0 radical (unpaired) electrons. The fourth-order valence-corrected chi connectivity index (χ4v) is 5.65. The zero-order valence-electron chi connectivity index (χ0n) is 25.2. The van der Waals surface area contributed by atoms with Crippen LogP contribution in [0.25, 0.3) is 0 Å². The number of ether oxygens (including phenoxy) is 3. The summed E-state index contributed by atoms with van der Waals surface area (Å²) in [5.41, 5.74) is 0.763. The van der Waals surface area contributed by atoms with Crippen LogP contribution in [0.5, 0.6) is 17.2 Å². The number of nitrogens with zero attached hydrogens (tertiary/aromatic N) is 2. The molecule has 0 aromatic heterocycles. The van der Waals surface area contributed by atoms with Gasteiger partial charge in [0.15, 0.2) is 11.5 Å². The Labute approximate surface area is 252 Å². The van der Waals surface area contributed by atoms with Crippen molar-refractivity contribution in [2.75, 3.05) is 32.2 Å². The summed E-state index contributed by atoms with van der Waals surface area (Å²) in [4.78, 5) is 28.3. The number of carbonyl (C=O) groups is 2. The molecule has 2 unspecified atom stereocenters. The molecule has 0 bridgehead atoms. The number of methoxy groups -OCH3 is 3. The molecule has 3 aromatic carbocycles. The van der Waals surface area contributed by atoms with Gasteiger partial charge in [0.2, 0.25) is 11.8 Å². The van der Waals surface area contributed by atoms with E-state index < -0.39 is 34.3 Å². The maximum absolute atomic E-state index is 14.0. The first-order valence-electron chi connectivity index (χ1n) is 13.7. The minimum atomic E-state index is -4.39. The Morgan fingerprint density at radius 3 is 2.07 bits per heavy atom. The Balaban J connectivity index is 2.06. The molecule has 3 aromatic rings. The molecule has 232 valence electrons. The summed E-state index contributed by atoms with van der Waals surface area (Å²) in [7, 11) is -0.0609. The van der Waals surface area contributed by atoms with Crippen LogP contribution in [0.3, 0.4) is 0 Å². The molecule has 1 N–H and O–H groups in total. The molecule has 43 heavy (non-hydrogen) atoms. The third kappa shape index (κ3) is 8.16. The number of benzene rings is 3. The van der Waals surface area contributed by atoms with Gasteiger partial charge in [-0.3, -0.25) is 13.9 Å². The van der Waals surface area contributed by atoms with Crippen molar-refractivity contribution < 1.29 is 36.6 Å². The van der Waals surface area contributed by atoms with Gasteiger partial charge >= 0.3 is 0 Å². The summed E-state index contributed by atoms with van der Waals surface area (Å²) in [6.07, 6.45) is 0.687. The summed E-state index contributed by atoms with van der Waals surface area (Å²) in [5, 5.41) is 2.89. The first-order valence-corrected chi connectivity index (χ1v) is 15.1. The predicted molar refractivity (Wildman–Crippen MR) is 161 cm³/mol. The molecule has 0 aliphatic heterocycles. The van der Waals surface area contributed by atoms with Gasteiger partial charge in [0, 0.05) is 18.7 Å². The predicted octanol–water partition coefficient (Wildman–Crippen LogP) is 4.38. The van der Waals surface area contributed by atoms with E-state index in [2.05, 4.69) is 5.32 Å². The van der Waals surface area contributed by atoms with Crippen molar-refractivity contribution in [2.45, 2.75) is 50.7 Å². The number of carbonyl (C=O) groups excluding carboxylic acids is 2. The van der Waals surface area contributed by atoms with Crippen LogP contribution in [0.4, 0.5) is 10.1 Å². The first-order chi connectivity index (χ1) is 20.4. The highest BCUT2D eigenvalue weighted by molar-refractivity contribution is 7.92. The summed E-state index contributed by atoms with van der Waals surface area (Å²) in [6, 6.07) is 14.7. The van der Waals surface area contributed by atoms with E-state index in [0.29, 0.717) is 23.5 Å². The SMILES string of the molecule is CCC(C)NC(=O)C(C)N(Cc1ccc(OC)cc1)C(=O)CN(c1ccc(F)cc1)S(=O)(=O)c1ccc(OC)c(OC)c1. The van der Waals surface area contributed by atoms with E-state index in [0.717, 1.165) is 16.4 Å². The number of rotatable bonds is 14. The van der Waals surface area contributed by atoms with Crippen LogP contribution in [0.1, 0.15) is 32.8 Å². The second kappa shape index (κ2) is 14.7. The molecule has 3 rings (SSSR count). The number of sulfonamides is 1. The molecule has 0 fully saturated rings. The fraction of sp³-hybridized carbons (Fsp3) is 0.355. The minimum absolute atomic E-state index is 0.0194.